The van der Waals surface area contributed by atoms with Crippen molar-refractivity contribution in [3.63, 3.8) is 0 Å². The zero-order chi connectivity index (χ0) is 18.1. The lowest BCUT2D eigenvalue weighted by Gasteiger charge is -2.18. The smallest absolute Gasteiger partial charge is 0.171 e. The number of nitrogens with one attached hydrogen (secondary N) is 2. The molecule has 4 nitrogen and oxygen atoms in total. The van der Waals surface area contributed by atoms with Crippen LogP contribution in [0.4, 0.5) is 5.69 Å². The highest BCUT2D eigenvalue weighted by Gasteiger charge is 2.06. The Morgan fingerprint density at radius 3 is 2.32 bits per heavy atom. The number of hydrogen-bond donors (Lipinski definition) is 2. The molecule has 0 saturated carbocycles. The van der Waals surface area contributed by atoms with Gasteiger partial charge < -0.3 is 20.1 Å². The molecular weight excluding hydrogens is 332 g/mol. The maximum absolute atomic E-state index is 5.75. The first-order valence-corrected chi connectivity index (χ1v) is 8.58. The van der Waals surface area contributed by atoms with E-state index in [0.717, 1.165) is 17.2 Å². The Hall–Kier alpha value is -2.53. The molecule has 0 bridgehead atoms. The second-order valence-corrected chi connectivity index (χ2v) is 6.16. The molecule has 132 valence electrons. The summed E-state index contributed by atoms with van der Waals surface area (Å²) in [6.45, 7) is 8.72. The highest BCUT2D eigenvalue weighted by Crippen LogP contribution is 2.16. The van der Waals surface area contributed by atoms with E-state index in [1.165, 1.54) is 5.56 Å². The molecule has 25 heavy (non-hydrogen) atoms. The predicted octanol–water partition coefficient (Wildman–Crippen LogP) is 4.31. The lowest BCUT2D eigenvalue weighted by atomic mass is 10.2. The second kappa shape index (κ2) is 9.69. The lowest BCUT2D eigenvalue weighted by Crippen LogP contribution is -2.39. The fourth-order valence-electron chi connectivity index (χ4n) is 2.08. The van der Waals surface area contributed by atoms with Gasteiger partial charge in [0.15, 0.2) is 5.11 Å². The molecule has 0 saturated heterocycles. The number of aryl methyl sites for hydroxylation is 1. The molecule has 0 aromatic heterocycles. The van der Waals surface area contributed by atoms with Crippen molar-refractivity contribution < 1.29 is 9.47 Å². The molecule has 0 aliphatic rings. The van der Waals surface area contributed by atoms with Crippen LogP contribution in [-0.4, -0.2) is 24.4 Å². The molecular formula is C20H24N2O2S. The molecule has 2 aromatic carbocycles. The first-order valence-electron chi connectivity index (χ1n) is 8.17. The van der Waals surface area contributed by atoms with Gasteiger partial charge in [-0.15, -0.1) is 0 Å². The minimum Gasteiger partial charge on any atom is -0.491 e. The molecule has 0 heterocycles. The maximum Gasteiger partial charge on any atom is 0.171 e. The zero-order valence-corrected chi connectivity index (χ0v) is 15.4. The number of rotatable bonds is 8. The van der Waals surface area contributed by atoms with Gasteiger partial charge >= 0.3 is 0 Å². The molecule has 0 aliphatic heterocycles. The Bertz CT molecular complexity index is 684. The van der Waals surface area contributed by atoms with Crippen LogP contribution in [0.1, 0.15) is 12.5 Å². The van der Waals surface area contributed by atoms with Crippen LogP contribution in [0.3, 0.4) is 0 Å². The minimum atomic E-state index is 0.0801. The Labute approximate surface area is 154 Å². The molecule has 1 unspecified atom stereocenters. The lowest BCUT2D eigenvalue weighted by molar-refractivity contribution is 0.287. The van der Waals surface area contributed by atoms with Gasteiger partial charge in [0, 0.05) is 5.69 Å². The summed E-state index contributed by atoms with van der Waals surface area (Å²) in [6, 6.07) is 15.7. The molecule has 0 fully saturated rings. The fourth-order valence-corrected chi connectivity index (χ4v) is 2.40. The Kier molecular flexibility index (Phi) is 7.29. The van der Waals surface area contributed by atoms with Crippen molar-refractivity contribution in [3.8, 4) is 11.5 Å². The van der Waals surface area contributed by atoms with Crippen molar-refractivity contribution in [3.05, 3.63) is 66.7 Å². The quantitative estimate of drug-likeness (QED) is 0.545. The van der Waals surface area contributed by atoms with Gasteiger partial charge in [-0.3, -0.25) is 0 Å². The largest absolute Gasteiger partial charge is 0.491 e. The first-order chi connectivity index (χ1) is 12.1. The van der Waals surface area contributed by atoms with Gasteiger partial charge in [-0.2, -0.15) is 0 Å². The number of benzene rings is 2. The van der Waals surface area contributed by atoms with Gasteiger partial charge in [-0.25, -0.2) is 0 Å². The zero-order valence-electron chi connectivity index (χ0n) is 14.6. The van der Waals surface area contributed by atoms with Crippen LogP contribution < -0.4 is 20.1 Å². The molecule has 0 spiro atoms. The summed E-state index contributed by atoms with van der Waals surface area (Å²) in [4.78, 5) is 0. The Morgan fingerprint density at radius 2 is 1.68 bits per heavy atom. The third-order valence-electron chi connectivity index (χ3n) is 3.38. The molecule has 1 atom stereocenters. The van der Waals surface area contributed by atoms with Gasteiger partial charge in [0.2, 0.25) is 0 Å². The standard InChI is InChI=1S/C20H24N2O2S/c1-4-13-23-18-11-7-17(8-12-18)22-20(25)21-16(3)14-24-19-9-5-15(2)6-10-19/h4-12,16H,1,13-14H2,2-3H3,(H2,21,22,25). The average Bonchev–Trinajstić information content (AvgIpc) is 2.60. The number of anilines is 1. The van der Waals surface area contributed by atoms with Crippen molar-refractivity contribution in [2.45, 2.75) is 19.9 Å². The minimum absolute atomic E-state index is 0.0801. The summed E-state index contributed by atoms with van der Waals surface area (Å²) >= 11 is 5.34. The molecule has 2 N–H and O–H groups in total. The second-order valence-electron chi connectivity index (χ2n) is 5.75. The van der Waals surface area contributed by atoms with E-state index in [1.54, 1.807) is 6.08 Å². The van der Waals surface area contributed by atoms with Gasteiger partial charge in [0.1, 0.15) is 24.7 Å². The highest BCUT2D eigenvalue weighted by atomic mass is 32.1. The third-order valence-corrected chi connectivity index (χ3v) is 3.60. The topological polar surface area (TPSA) is 42.5 Å². The van der Waals surface area contributed by atoms with Crippen LogP contribution >= 0.6 is 12.2 Å². The van der Waals surface area contributed by atoms with Crippen LogP contribution in [-0.2, 0) is 0 Å². The molecule has 0 radical (unpaired) electrons. The average molecular weight is 356 g/mol. The van der Waals surface area contributed by atoms with Gasteiger partial charge in [-0.05, 0) is 62.5 Å². The van der Waals surface area contributed by atoms with E-state index in [1.807, 2.05) is 55.5 Å². The Morgan fingerprint density at radius 1 is 1.08 bits per heavy atom. The van der Waals surface area contributed by atoms with E-state index < -0.39 is 0 Å². The molecule has 2 rings (SSSR count). The van der Waals surface area contributed by atoms with E-state index in [2.05, 4.69) is 24.1 Å². The van der Waals surface area contributed by atoms with Crippen LogP contribution in [0.2, 0.25) is 0 Å². The van der Waals surface area contributed by atoms with E-state index in [9.17, 15) is 0 Å². The summed E-state index contributed by atoms with van der Waals surface area (Å²) in [5.74, 6) is 1.65. The third kappa shape index (κ3) is 6.85. The first kappa shape index (κ1) is 18.8. The van der Waals surface area contributed by atoms with Crippen molar-refractivity contribution in [2.75, 3.05) is 18.5 Å². The van der Waals surface area contributed by atoms with Crippen molar-refractivity contribution in [1.82, 2.24) is 5.32 Å². The van der Waals surface area contributed by atoms with Crippen molar-refractivity contribution in [1.29, 1.82) is 0 Å². The molecule has 2 aromatic rings. The maximum atomic E-state index is 5.75. The van der Waals surface area contributed by atoms with Gasteiger partial charge in [0.25, 0.3) is 0 Å². The SMILES string of the molecule is C=CCOc1ccc(NC(=S)NC(C)COc2ccc(C)cc2)cc1. The normalized spacial score (nSPS) is 11.3. The van der Waals surface area contributed by atoms with E-state index in [4.69, 9.17) is 21.7 Å². The summed E-state index contributed by atoms with van der Waals surface area (Å²) in [7, 11) is 0. The predicted molar refractivity (Wildman–Crippen MR) is 108 cm³/mol. The van der Waals surface area contributed by atoms with Crippen LogP contribution in [0.25, 0.3) is 0 Å². The summed E-state index contributed by atoms with van der Waals surface area (Å²) < 4.78 is 11.2. The van der Waals surface area contributed by atoms with Crippen molar-refractivity contribution in [2.24, 2.45) is 0 Å². The molecule has 0 aliphatic carbocycles. The van der Waals surface area contributed by atoms with Crippen LogP contribution in [0, 0.1) is 6.92 Å². The Balaban J connectivity index is 1.75. The molecule has 0 amide bonds. The number of ether oxygens (including phenoxy) is 2. The van der Waals surface area contributed by atoms with E-state index >= 15 is 0 Å². The van der Waals surface area contributed by atoms with E-state index in [0.29, 0.717) is 18.3 Å². The number of thiocarbonyl (C=S) groups is 1. The molecule has 5 heteroatoms. The van der Waals surface area contributed by atoms with Gasteiger partial charge in [0.05, 0.1) is 6.04 Å². The van der Waals surface area contributed by atoms with E-state index in [-0.39, 0.29) is 6.04 Å². The monoisotopic (exact) mass is 356 g/mol. The van der Waals surface area contributed by atoms with Gasteiger partial charge in [-0.1, -0.05) is 30.4 Å². The summed E-state index contributed by atoms with van der Waals surface area (Å²) in [6.07, 6.45) is 1.71. The van der Waals surface area contributed by atoms with Crippen molar-refractivity contribution >= 4 is 23.0 Å². The van der Waals surface area contributed by atoms with Crippen LogP contribution in [0.5, 0.6) is 11.5 Å². The summed E-state index contributed by atoms with van der Waals surface area (Å²) in [5, 5.41) is 6.92. The number of hydrogen-bond acceptors (Lipinski definition) is 3. The fraction of sp³-hybridized carbons (Fsp3) is 0.250. The summed E-state index contributed by atoms with van der Waals surface area (Å²) in [5.41, 5.74) is 2.11. The highest BCUT2D eigenvalue weighted by molar-refractivity contribution is 7.80. The van der Waals surface area contributed by atoms with Crippen LogP contribution in [0.15, 0.2) is 61.2 Å².